The summed E-state index contributed by atoms with van der Waals surface area (Å²) >= 11 is 0. The second-order valence-electron chi connectivity index (χ2n) is 6.83. The van der Waals surface area contributed by atoms with Crippen LogP contribution in [0.25, 0.3) is 0 Å². The van der Waals surface area contributed by atoms with Crippen molar-refractivity contribution in [1.29, 1.82) is 0 Å². The summed E-state index contributed by atoms with van der Waals surface area (Å²) in [6, 6.07) is 5.49. The maximum atomic E-state index is 13.9. The van der Waals surface area contributed by atoms with Crippen molar-refractivity contribution in [3.63, 3.8) is 0 Å². The Morgan fingerprint density at radius 3 is 2.96 bits per heavy atom. The molecule has 0 saturated heterocycles. The predicted octanol–water partition coefficient (Wildman–Crippen LogP) is 1.78. The molecule has 1 atom stereocenters. The average molecular weight is 487 g/mol. The number of hydrogen-bond acceptors (Lipinski definition) is 4. The number of nitrogens with zero attached hydrogens (tertiary/aromatic N) is 5. The summed E-state index contributed by atoms with van der Waals surface area (Å²) in [6.07, 6.45) is 3.49. The van der Waals surface area contributed by atoms with Gasteiger partial charge in [0.1, 0.15) is 18.0 Å². The number of nitrogens with one attached hydrogen (secondary N) is 2. The Morgan fingerprint density at radius 2 is 2.22 bits per heavy atom. The van der Waals surface area contributed by atoms with E-state index < -0.39 is 0 Å². The van der Waals surface area contributed by atoms with Crippen LogP contribution in [0.3, 0.4) is 0 Å². The fourth-order valence-electron chi connectivity index (χ4n) is 3.13. The van der Waals surface area contributed by atoms with Gasteiger partial charge in [-0.25, -0.2) is 14.1 Å². The zero-order valence-corrected chi connectivity index (χ0v) is 18.3. The average Bonchev–Trinajstić information content (AvgIpc) is 3.08. The van der Waals surface area contributed by atoms with Crippen molar-refractivity contribution in [2.24, 2.45) is 4.99 Å². The summed E-state index contributed by atoms with van der Waals surface area (Å²) in [5.74, 6) is 1.60. The number of hydrogen-bond donors (Lipinski definition) is 2. The summed E-state index contributed by atoms with van der Waals surface area (Å²) < 4.78 is 15.8. The molecule has 0 aliphatic carbocycles. The number of benzene rings is 1. The van der Waals surface area contributed by atoms with E-state index in [1.54, 1.807) is 19.4 Å². The Morgan fingerprint density at radius 1 is 1.41 bits per heavy atom. The minimum Gasteiger partial charge on any atom is -0.352 e. The largest absolute Gasteiger partial charge is 0.352 e. The lowest BCUT2D eigenvalue weighted by atomic mass is 10.1. The summed E-state index contributed by atoms with van der Waals surface area (Å²) in [4.78, 5) is 10.5. The van der Waals surface area contributed by atoms with Crippen molar-refractivity contribution in [2.75, 3.05) is 21.1 Å². The smallest absolute Gasteiger partial charge is 0.191 e. The van der Waals surface area contributed by atoms with E-state index in [0.717, 1.165) is 36.7 Å². The van der Waals surface area contributed by atoms with Gasteiger partial charge in [0.25, 0.3) is 0 Å². The van der Waals surface area contributed by atoms with E-state index in [-0.39, 0.29) is 35.8 Å². The Labute approximate surface area is 176 Å². The normalized spacial score (nSPS) is 16.6. The molecule has 0 fully saturated rings. The third-order valence-electron chi connectivity index (χ3n) is 4.43. The van der Waals surface area contributed by atoms with Gasteiger partial charge in [0.05, 0.1) is 6.54 Å². The molecular formula is C18H27FIN7. The first kappa shape index (κ1) is 21.5. The van der Waals surface area contributed by atoms with E-state index in [1.165, 1.54) is 6.07 Å². The van der Waals surface area contributed by atoms with Gasteiger partial charge >= 0.3 is 0 Å². The molecule has 2 N–H and O–H groups in total. The van der Waals surface area contributed by atoms with Gasteiger partial charge in [-0.1, -0.05) is 6.07 Å². The minimum absolute atomic E-state index is 0. The number of aliphatic imine (C=N–C) groups is 1. The number of fused-ring (bicyclic) bond motifs is 1. The fraction of sp³-hybridized carbons (Fsp3) is 0.500. The molecule has 0 spiro atoms. The molecule has 2 aromatic rings. The Kier molecular flexibility index (Phi) is 7.96. The molecule has 2 heterocycles. The second-order valence-corrected chi connectivity index (χ2v) is 6.83. The van der Waals surface area contributed by atoms with Gasteiger partial charge in [0.2, 0.25) is 0 Å². The third-order valence-corrected chi connectivity index (χ3v) is 4.43. The van der Waals surface area contributed by atoms with Crippen molar-refractivity contribution in [1.82, 2.24) is 30.3 Å². The molecule has 1 aromatic carbocycles. The molecule has 0 bridgehead atoms. The van der Waals surface area contributed by atoms with Crippen LogP contribution in [0.15, 0.2) is 29.5 Å². The molecule has 0 radical (unpaired) electrons. The van der Waals surface area contributed by atoms with E-state index in [9.17, 15) is 4.39 Å². The molecule has 0 saturated carbocycles. The van der Waals surface area contributed by atoms with Crippen molar-refractivity contribution in [3.8, 4) is 0 Å². The molecular weight excluding hydrogens is 460 g/mol. The van der Waals surface area contributed by atoms with Gasteiger partial charge in [-0.2, -0.15) is 5.10 Å². The Hall–Kier alpha value is -1.75. The molecule has 1 aromatic heterocycles. The molecule has 3 rings (SSSR count). The van der Waals surface area contributed by atoms with Crippen LogP contribution in [0.1, 0.15) is 23.4 Å². The van der Waals surface area contributed by atoms with E-state index in [4.69, 9.17) is 0 Å². The van der Waals surface area contributed by atoms with Crippen LogP contribution in [0.2, 0.25) is 0 Å². The maximum absolute atomic E-state index is 13.9. The number of rotatable bonds is 5. The van der Waals surface area contributed by atoms with E-state index in [0.29, 0.717) is 18.7 Å². The Balaban J connectivity index is 0.00000261. The highest BCUT2D eigenvalue weighted by Crippen LogP contribution is 2.13. The molecule has 1 aliphatic heterocycles. The van der Waals surface area contributed by atoms with E-state index >= 15 is 0 Å². The van der Waals surface area contributed by atoms with Gasteiger partial charge in [-0.3, -0.25) is 4.99 Å². The van der Waals surface area contributed by atoms with Crippen LogP contribution in [-0.4, -0.2) is 52.8 Å². The van der Waals surface area contributed by atoms with Crippen LogP contribution in [0.5, 0.6) is 0 Å². The first-order valence-corrected chi connectivity index (χ1v) is 8.81. The number of aryl methyl sites for hydroxylation is 1. The minimum atomic E-state index is -0.171. The molecule has 1 aliphatic rings. The van der Waals surface area contributed by atoms with Gasteiger partial charge in [-0.15, -0.1) is 24.0 Å². The van der Waals surface area contributed by atoms with Gasteiger partial charge in [-0.05, 0) is 38.2 Å². The maximum Gasteiger partial charge on any atom is 0.191 e. The molecule has 0 amide bonds. The molecule has 9 heteroatoms. The number of aromatic nitrogens is 3. The van der Waals surface area contributed by atoms with E-state index in [1.807, 2.05) is 29.7 Å². The van der Waals surface area contributed by atoms with Gasteiger partial charge in [0, 0.05) is 38.2 Å². The van der Waals surface area contributed by atoms with Gasteiger partial charge < -0.3 is 15.5 Å². The van der Waals surface area contributed by atoms with Crippen molar-refractivity contribution < 1.29 is 4.39 Å². The SMILES string of the molecule is CN=C(NCc1ccc(F)c(CN(C)C)c1)NC1CCc2ncnn2C1.I. The topological polar surface area (TPSA) is 70.4 Å². The fourth-order valence-corrected chi connectivity index (χ4v) is 3.13. The summed E-state index contributed by atoms with van der Waals surface area (Å²) in [7, 11) is 5.61. The molecule has 148 valence electrons. The highest BCUT2D eigenvalue weighted by Gasteiger charge is 2.20. The van der Waals surface area contributed by atoms with Crippen LogP contribution in [0.4, 0.5) is 4.39 Å². The van der Waals surface area contributed by atoms with Crippen LogP contribution in [-0.2, 0) is 26.1 Å². The second kappa shape index (κ2) is 9.98. The Bertz CT molecular complexity index is 775. The highest BCUT2D eigenvalue weighted by molar-refractivity contribution is 14.0. The first-order chi connectivity index (χ1) is 12.5. The number of halogens is 2. The lowest BCUT2D eigenvalue weighted by Gasteiger charge is -2.25. The summed E-state index contributed by atoms with van der Waals surface area (Å²) in [5.41, 5.74) is 1.72. The van der Waals surface area contributed by atoms with E-state index in [2.05, 4.69) is 25.7 Å². The summed E-state index contributed by atoms with van der Waals surface area (Å²) in [5, 5.41) is 11.0. The lowest BCUT2D eigenvalue weighted by Crippen LogP contribution is -2.46. The highest BCUT2D eigenvalue weighted by atomic mass is 127. The standard InChI is InChI=1S/C18H26FN7.HI/c1-20-18(24-15-5-7-17-22-12-23-26(17)11-15)21-9-13-4-6-16(19)14(8-13)10-25(2)3;/h4,6,8,12,15H,5,7,9-11H2,1-3H3,(H2,20,21,24);1H. The predicted molar refractivity (Wildman–Crippen MR) is 115 cm³/mol. The quantitative estimate of drug-likeness (QED) is 0.383. The monoisotopic (exact) mass is 487 g/mol. The van der Waals surface area contributed by atoms with Crippen LogP contribution >= 0.6 is 24.0 Å². The molecule has 27 heavy (non-hydrogen) atoms. The van der Waals surface area contributed by atoms with Crippen molar-refractivity contribution in [3.05, 3.63) is 47.3 Å². The molecule has 7 nitrogen and oxygen atoms in total. The third kappa shape index (κ3) is 5.86. The van der Waals surface area contributed by atoms with Gasteiger partial charge in [0.15, 0.2) is 5.96 Å². The first-order valence-electron chi connectivity index (χ1n) is 8.81. The van der Waals surface area contributed by atoms with Crippen molar-refractivity contribution >= 4 is 29.9 Å². The van der Waals surface area contributed by atoms with Crippen molar-refractivity contribution in [2.45, 2.75) is 38.5 Å². The van der Waals surface area contributed by atoms with Crippen LogP contribution in [0, 0.1) is 5.82 Å². The number of guanidine groups is 1. The zero-order valence-electron chi connectivity index (χ0n) is 15.9. The lowest BCUT2D eigenvalue weighted by molar-refractivity contribution is 0.391. The molecule has 1 unspecified atom stereocenters. The summed E-state index contributed by atoms with van der Waals surface area (Å²) in [6.45, 7) is 1.94. The zero-order chi connectivity index (χ0) is 18.5. The van der Waals surface area contributed by atoms with Crippen LogP contribution < -0.4 is 10.6 Å².